The van der Waals surface area contributed by atoms with Gasteiger partial charge in [0.25, 0.3) is 0 Å². The Hall–Kier alpha value is -1.41. The van der Waals surface area contributed by atoms with Crippen LogP contribution in [0.2, 0.25) is 0 Å². The summed E-state index contributed by atoms with van der Waals surface area (Å²) >= 11 is 0. The van der Waals surface area contributed by atoms with Crippen molar-refractivity contribution in [2.45, 2.75) is 45.1 Å². The number of carbonyl (C=O) groups excluding carboxylic acids is 2. The van der Waals surface area contributed by atoms with Crippen LogP contribution in [0, 0.1) is 11.3 Å². The third-order valence-electron chi connectivity index (χ3n) is 3.00. The number of rotatable bonds is 6. The topological polar surface area (TPSA) is 73.2 Å². The molecule has 1 rings (SSSR count). The highest BCUT2D eigenvalue weighted by Gasteiger charge is 2.31. The van der Waals surface area contributed by atoms with Gasteiger partial charge in [0.1, 0.15) is 5.54 Å². The Morgan fingerprint density at radius 1 is 1.41 bits per heavy atom. The number of nitrogens with zero attached hydrogens (tertiary/aromatic N) is 2. The number of hydrogen-bond acceptors (Lipinski definition) is 4. The summed E-state index contributed by atoms with van der Waals surface area (Å²) in [7, 11) is 0. The average molecular weight is 237 g/mol. The minimum Gasteiger partial charge on any atom is -0.300 e. The summed E-state index contributed by atoms with van der Waals surface area (Å²) in [6.45, 7) is 4.91. The molecule has 0 bridgehead atoms. The van der Waals surface area contributed by atoms with E-state index in [1.54, 1.807) is 6.92 Å². The molecular formula is C12H19N3O2. The second-order valence-corrected chi connectivity index (χ2v) is 4.56. The predicted molar refractivity (Wildman–Crippen MR) is 62.9 cm³/mol. The second kappa shape index (κ2) is 5.78. The first-order valence-corrected chi connectivity index (χ1v) is 6.02. The Balaban J connectivity index is 2.50. The van der Waals surface area contributed by atoms with Gasteiger partial charge >= 0.3 is 0 Å². The fraction of sp³-hybridized carbons (Fsp3) is 0.750. The first-order chi connectivity index (χ1) is 8.02. The van der Waals surface area contributed by atoms with Crippen molar-refractivity contribution in [3.05, 3.63) is 0 Å². The number of nitrogens with one attached hydrogen (secondary N) is 1. The third-order valence-corrected chi connectivity index (χ3v) is 3.00. The SMILES string of the molecule is CCCNC(C)(C#N)CCN1C(=O)CCC1=O. The van der Waals surface area contributed by atoms with Crippen molar-refractivity contribution in [1.29, 1.82) is 5.26 Å². The van der Waals surface area contributed by atoms with E-state index in [-0.39, 0.29) is 11.8 Å². The maximum atomic E-state index is 11.4. The fourth-order valence-corrected chi connectivity index (χ4v) is 1.79. The molecular weight excluding hydrogens is 218 g/mol. The van der Waals surface area contributed by atoms with E-state index in [1.807, 2.05) is 6.92 Å². The van der Waals surface area contributed by atoms with Gasteiger partial charge in [-0.2, -0.15) is 5.26 Å². The zero-order valence-corrected chi connectivity index (χ0v) is 10.5. The van der Waals surface area contributed by atoms with E-state index in [4.69, 9.17) is 5.26 Å². The molecule has 0 saturated carbocycles. The van der Waals surface area contributed by atoms with Gasteiger partial charge in [0.2, 0.25) is 11.8 Å². The summed E-state index contributed by atoms with van der Waals surface area (Å²) < 4.78 is 0. The van der Waals surface area contributed by atoms with Crippen molar-refractivity contribution in [1.82, 2.24) is 10.2 Å². The quantitative estimate of drug-likeness (QED) is 0.694. The lowest BCUT2D eigenvalue weighted by Crippen LogP contribution is -2.45. The van der Waals surface area contributed by atoms with Crippen molar-refractivity contribution in [2.24, 2.45) is 0 Å². The number of carbonyl (C=O) groups is 2. The van der Waals surface area contributed by atoms with Gasteiger partial charge in [-0.1, -0.05) is 6.92 Å². The van der Waals surface area contributed by atoms with Crippen molar-refractivity contribution in [2.75, 3.05) is 13.1 Å². The summed E-state index contributed by atoms with van der Waals surface area (Å²) in [6, 6.07) is 2.21. The zero-order chi connectivity index (χ0) is 12.9. The lowest BCUT2D eigenvalue weighted by Gasteiger charge is -2.25. The number of hydrogen-bond donors (Lipinski definition) is 1. The summed E-state index contributed by atoms with van der Waals surface area (Å²) in [5.74, 6) is -0.239. The Bertz CT molecular complexity index is 332. The molecule has 1 atom stereocenters. The van der Waals surface area contributed by atoms with Crippen molar-refractivity contribution >= 4 is 11.8 Å². The van der Waals surface area contributed by atoms with Gasteiger partial charge in [-0.3, -0.25) is 19.8 Å². The molecule has 1 N–H and O–H groups in total. The van der Waals surface area contributed by atoms with E-state index < -0.39 is 5.54 Å². The molecule has 1 fully saturated rings. The first-order valence-electron chi connectivity index (χ1n) is 6.02. The second-order valence-electron chi connectivity index (χ2n) is 4.56. The maximum Gasteiger partial charge on any atom is 0.229 e. The molecule has 0 aromatic heterocycles. The highest BCUT2D eigenvalue weighted by molar-refractivity contribution is 6.01. The van der Waals surface area contributed by atoms with Crippen LogP contribution in [0.15, 0.2) is 0 Å². The molecule has 5 nitrogen and oxygen atoms in total. The van der Waals surface area contributed by atoms with Crippen LogP contribution < -0.4 is 5.32 Å². The zero-order valence-electron chi connectivity index (χ0n) is 10.5. The number of amides is 2. The largest absolute Gasteiger partial charge is 0.300 e. The van der Waals surface area contributed by atoms with Crippen LogP contribution in [0.4, 0.5) is 0 Å². The van der Waals surface area contributed by atoms with Gasteiger partial charge in [0.05, 0.1) is 6.07 Å². The molecule has 17 heavy (non-hydrogen) atoms. The Labute approximate surface area is 102 Å². The monoisotopic (exact) mass is 237 g/mol. The van der Waals surface area contributed by atoms with Crippen LogP contribution in [-0.2, 0) is 9.59 Å². The smallest absolute Gasteiger partial charge is 0.229 e. The third kappa shape index (κ3) is 3.53. The van der Waals surface area contributed by atoms with Gasteiger partial charge in [0, 0.05) is 19.4 Å². The summed E-state index contributed by atoms with van der Waals surface area (Å²) in [5.41, 5.74) is -0.668. The van der Waals surface area contributed by atoms with E-state index in [0.29, 0.717) is 25.8 Å². The van der Waals surface area contributed by atoms with E-state index in [2.05, 4.69) is 11.4 Å². The van der Waals surface area contributed by atoms with Crippen molar-refractivity contribution < 1.29 is 9.59 Å². The lowest BCUT2D eigenvalue weighted by atomic mass is 9.99. The molecule has 1 unspecified atom stereocenters. The minimum atomic E-state index is -0.668. The van der Waals surface area contributed by atoms with Crippen LogP contribution in [0.3, 0.4) is 0 Å². The minimum absolute atomic E-state index is 0.120. The average Bonchev–Trinajstić information content (AvgIpc) is 2.64. The van der Waals surface area contributed by atoms with Gasteiger partial charge in [-0.25, -0.2) is 0 Å². The molecule has 94 valence electrons. The van der Waals surface area contributed by atoms with E-state index in [1.165, 1.54) is 4.90 Å². The highest BCUT2D eigenvalue weighted by atomic mass is 16.2. The number of imide groups is 1. The normalized spacial score (nSPS) is 19.2. The highest BCUT2D eigenvalue weighted by Crippen LogP contribution is 2.16. The molecule has 1 heterocycles. The predicted octanol–water partition coefficient (Wildman–Crippen LogP) is 0.807. The summed E-state index contributed by atoms with van der Waals surface area (Å²) in [6.07, 6.45) is 2.04. The molecule has 0 aliphatic carbocycles. The van der Waals surface area contributed by atoms with Crippen LogP contribution in [-0.4, -0.2) is 35.3 Å². The molecule has 2 amide bonds. The maximum absolute atomic E-state index is 11.4. The molecule has 0 spiro atoms. The Morgan fingerprint density at radius 2 is 2.00 bits per heavy atom. The summed E-state index contributed by atoms with van der Waals surface area (Å²) in [4.78, 5) is 24.1. The fourth-order valence-electron chi connectivity index (χ4n) is 1.79. The molecule has 0 aromatic carbocycles. The molecule has 5 heteroatoms. The molecule has 1 saturated heterocycles. The van der Waals surface area contributed by atoms with Crippen LogP contribution in [0.1, 0.15) is 39.5 Å². The van der Waals surface area contributed by atoms with E-state index in [0.717, 1.165) is 13.0 Å². The van der Waals surface area contributed by atoms with Crippen LogP contribution >= 0.6 is 0 Å². The Kier molecular flexibility index (Phi) is 4.64. The van der Waals surface area contributed by atoms with Crippen molar-refractivity contribution in [3.63, 3.8) is 0 Å². The summed E-state index contributed by atoms with van der Waals surface area (Å²) in [5, 5.41) is 12.3. The van der Waals surface area contributed by atoms with Gasteiger partial charge in [0.15, 0.2) is 0 Å². The van der Waals surface area contributed by atoms with E-state index >= 15 is 0 Å². The standard InChI is InChI=1S/C12H19N3O2/c1-3-7-14-12(2,9-13)6-8-15-10(16)4-5-11(15)17/h14H,3-8H2,1-2H3. The van der Waals surface area contributed by atoms with Gasteiger partial charge in [-0.15, -0.1) is 0 Å². The van der Waals surface area contributed by atoms with Crippen LogP contribution in [0.5, 0.6) is 0 Å². The molecule has 0 radical (unpaired) electrons. The Morgan fingerprint density at radius 3 is 2.47 bits per heavy atom. The van der Waals surface area contributed by atoms with Gasteiger partial charge in [-0.05, 0) is 26.3 Å². The lowest BCUT2D eigenvalue weighted by molar-refractivity contribution is -0.138. The molecule has 0 aromatic rings. The molecule has 1 aliphatic rings. The number of likely N-dealkylation sites (tertiary alicyclic amines) is 1. The van der Waals surface area contributed by atoms with Crippen molar-refractivity contribution in [3.8, 4) is 6.07 Å². The first kappa shape index (κ1) is 13.7. The van der Waals surface area contributed by atoms with Gasteiger partial charge < -0.3 is 0 Å². The number of nitriles is 1. The van der Waals surface area contributed by atoms with E-state index in [9.17, 15) is 9.59 Å². The van der Waals surface area contributed by atoms with Crippen LogP contribution in [0.25, 0.3) is 0 Å². The molecule has 1 aliphatic heterocycles.